The lowest BCUT2D eigenvalue weighted by molar-refractivity contribution is 0.0686. The van der Waals surface area contributed by atoms with E-state index in [1.54, 1.807) is 60.7 Å². The molecule has 2 aromatic carbocycles. The molecule has 0 heterocycles. The van der Waals surface area contributed by atoms with Crippen LogP contribution >= 0.6 is 22.6 Å². The standard InChI is InChI=1S/C8H17IO2.2C7H6O2/c1-2-3-7(9)6-8(11)4-5-10;2*8-7(9)6-4-2-1-3-5-6/h7-8,10-11H,2-6H2,1H3;2*1-5H,(H,8,9). The molecule has 0 aromatic heterocycles. The number of aliphatic hydroxyl groups is 2. The van der Waals surface area contributed by atoms with E-state index in [-0.39, 0.29) is 12.7 Å². The molecule has 0 fully saturated rings. The topological polar surface area (TPSA) is 115 Å². The van der Waals surface area contributed by atoms with Crippen LogP contribution in [0.1, 0.15) is 53.3 Å². The van der Waals surface area contributed by atoms with Crippen LogP contribution in [0.15, 0.2) is 60.7 Å². The molecule has 29 heavy (non-hydrogen) atoms. The number of hydrogen-bond donors (Lipinski definition) is 4. The Kier molecular flexibility index (Phi) is 15.8. The Bertz CT molecular complexity index is 619. The average Bonchev–Trinajstić information content (AvgIpc) is 2.70. The van der Waals surface area contributed by atoms with Crippen molar-refractivity contribution in [2.45, 2.75) is 42.6 Å². The normalized spacial score (nSPS) is 11.7. The molecule has 2 unspecified atom stereocenters. The van der Waals surface area contributed by atoms with Crippen molar-refractivity contribution in [2.24, 2.45) is 0 Å². The number of carbonyl (C=O) groups is 2. The van der Waals surface area contributed by atoms with E-state index >= 15 is 0 Å². The van der Waals surface area contributed by atoms with Crippen LogP contribution in [0.3, 0.4) is 0 Å². The summed E-state index contributed by atoms with van der Waals surface area (Å²) in [5, 5.41) is 34.6. The van der Waals surface area contributed by atoms with Crippen LogP contribution in [0.2, 0.25) is 0 Å². The van der Waals surface area contributed by atoms with Gasteiger partial charge in [0.15, 0.2) is 0 Å². The maximum atomic E-state index is 10.2. The lowest BCUT2D eigenvalue weighted by atomic mass is 10.1. The molecule has 0 aliphatic rings. The van der Waals surface area contributed by atoms with Crippen LogP contribution < -0.4 is 0 Å². The Morgan fingerprint density at radius 2 is 1.28 bits per heavy atom. The van der Waals surface area contributed by atoms with Gasteiger partial charge in [0.25, 0.3) is 0 Å². The van der Waals surface area contributed by atoms with Crippen LogP contribution in [0.25, 0.3) is 0 Å². The third-order valence-corrected chi connectivity index (χ3v) is 4.76. The molecule has 2 rings (SSSR count). The third-order valence-electron chi connectivity index (χ3n) is 3.63. The maximum absolute atomic E-state index is 10.2. The Hall–Kier alpha value is -1.97. The summed E-state index contributed by atoms with van der Waals surface area (Å²) in [5.41, 5.74) is 0.662. The van der Waals surface area contributed by atoms with Gasteiger partial charge in [0, 0.05) is 10.5 Å². The summed E-state index contributed by atoms with van der Waals surface area (Å²) in [6.07, 6.45) is 3.34. The molecule has 4 N–H and O–H groups in total. The minimum Gasteiger partial charge on any atom is -0.478 e. The number of hydrogen-bond acceptors (Lipinski definition) is 4. The van der Waals surface area contributed by atoms with Crippen LogP contribution in [0.4, 0.5) is 0 Å². The first kappa shape index (κ1) is 27.0. The van der Waals surface area contributed by atoms with Crippen molar-refractivity contribution in [3.63, 3.8) is 0 Å². The molecule has 0 aliphatic heterocycles. The van der Waals surface area contributed by atoms with Crippen molar-refractivity contribution < 1.29 is 30.0 Å². The number of alkyl halides is 1. The molecule has 0 saturated carbocycles. The molecule has 0 bridgehead atoms. The Balaban J connectivity index is 0.000000408. The van der Waals surface area contributed by atoms with Gasteiger partial charge in [-0.25, -0.2) is 9.59 Å². The van der Waals surface area contributed by atoms with Crippen LogP contribution in [0.5, 0.6) is 0 Å². The van der Waals surface area contributed by atoms with Crippen LogP contribution in [-0.2, 0) is 0 Å². The zero-order valence-corrected chi connectivity index (χ0v) is 18.6. The van der Waals surface area contributed by atoms with Crippen molar-refractivity contribution in [1.82, 2.24) is 0 Å². The van der Waals surface area contributed by atoms with E-state index in [1.807, 2.05) is 0 Å². The number of aromatic carboxylic acids is 2. The number of carboxylic acids is 2. The van der Waals surface area contributed by atoms with Gasteiger partial charge in [-0.2, -0.15) is 0 Å². The number of halogens is 1. The van der Waals surface area contributed by atoms with Gasteiger partial charge in [0.2, 0.25) is 0 Å². The maximum Gasteiger partial charge on any atom is 0.335 e. The van der Waals surface area contributed by atoms with Gasteiger partial charge in [-0.3, -0.25) is 0 Å². The second kappa shape index (κ2) is 16.9. The highest BCUT2D eigenvalue weighted by Crippen LogP contribution is 2.16. The van der Waals surface area contributed by atoms with Gasteiger partial charge in [-0.15, -0.1) is 0 Å². The molecular formula is C22H29IO6. The van der Waals surface area contributed by atoms with Gasteiger partial charge in [0.05, 0.1) is 17.2 Å². The zero-order chi connectivity index (χ0) is 22.1. The first-order chi connectivity index (χ1) is 13.8. The second-order valence-corrected chi connectivity index (χ2v) is 7.89. The van der Waals surface area contributed by atoms with Crippen molar-refractivity contribution in [2.75, 3.05) is 6.61 Å². The van der Waals surface area contributed by atoms with Crippen LogP contribution in [-0.4, -0.2) is 49.0 Å². The van der Waals surface area contributed by atoms with E-state index in [4.69, 9.17) is 15.3 Å². The first-order valence-corrected chi connectivity index (χ1v) is 10.6. The SMILES string of the molecule is CCCC(I)CC(O)CCO.O=C(O)c1ccccc1.O=C(O)c1ccccc1. The van der Waals surface area contributed by atoms with Gasteiger partial charge < -0.3 is 20.4 Å². The predicted octanol–water partition coefficient (Wildman–Crippen LogP) is 4.49. The van der Waals surface area contributed by atoms with E-state index < -0.39 is 11.9 Å². The van der Waals surface area contributed by atoms with Crippen molar-refractivity contribution >= 4 is 34.5 Å². The van der Waals surface area contributed by atoms with Crippen molar-refractivity contribution in [3.05, 3.63) is 71.8 Å². The molecule has 0 spiro atoms. The Morgan fingerprint density at radius 3 is 1.55 bits per heavy atom. The molecule has 0 aliphatic carbocycles. The fraction of sp³-hybridized carbons (Fsp3) is 0.364. The fourth-order valence-electron chi connectivity index (χ4n) is 2.15. The molecule has 0 radical (unpaired) electrons. The largest absolute Gasteiger partial charge is 0.478 e. The number of aliphatic hydroxyl groups excluding tert-OH is 2. The highest BCUT2D eigenvalue weighted by molar-refractivity contribution is 14.1. The smallest absolute Gasteiger partial charge is 0.335 e. The number of benzene rings is 2. The summed E-state index contributed by atoms with van der Waals surface area (Å²) in [6, 6.07) is 16.6. The summed E-state index contributed by atoms with van der Waals surface area (Å²) in [6.45, 7) is 2.24. The van der Waals surface area contributed by atoms with Gasteiger partial charge >= 0.3 is 11.9 Å². The van der Waals surface area contributed by atoms with E-state index in [1.165, 1.54) is 6.42 Å². The van der Waals surface area contributed by atoms with E-state index in [2.05, 4.69) is 29.5 Å². The van der Waals surface area contributed by atoms with Crippen molar-refractivity contribution in [3.8, 4) is 0 Å². The van der Waals surface area contributed by atoms with E-state index in [0.29, 0.717) is 21.5 Å². The highest BCUT2D eigenvalue weighted by atomic mass is 127. The Labute approximate surface area is 185 Å². The molecule has 0 amide bonds. The Morgan fingerprint density at radius 1 is 0.862 bits per heavy atom. The second-order valence-electron chi connectivity index (χ2n) is 6.13. The van der Waals surface area contributed by atoms with Crippen molar-refractivity contribution in [1.29, 1.82) is 0 Å². The predicted molar refractivity (Wildman–Crippen MR) is 122 cm³/mol. The zero-order valence-electron chi connectivity index (χ0n) is 16.4. The molecule has 6 nitrogen and oxygen atoms in total. The minimum atomic E-state index is -0.879. The summed E-state index contributed by atoms with van der Waals surface area (Å²) in [4.78, 5) is 20.4. The van der Waals surface area contributed by atoms with Crippen LogP contribution in [0, 0.1) is 0 Å². The van der Waals surface area contributed by atoms with Gasteiger partial charge in [-0.05, 0) is 43.5 Å². The minimum absolute atomic E-state index is 0.0939. The first-order valence-electron chi connectivity index (χ1n) is 9.31. The molecule has 2 aromatic rings. The quantitative estimate of drug-likeness (QED) is 0.304. The fourth-order valence-corrected chi connectivity index (χ4v) is 3.36. The van der Waals surface area contributed by atoms with E-state index in [9.17, 15) is 14.7 Å². The molecule has 160 valence electrons. The summed E-state index contributed by atoms with van der Waals surface area (Å²) in [5.74, 6) is -1.76. The number of rotatable bonds is 8. The molecule has 7 heteroatoms. The third kappa shape index (κ3) is 14.7. The average molecular weight is 516 g/mol. The monoisotopic (exact) mass is 516 g/mol. The molecule has 0 saturated heterocycles. The molecule has 2 atom stereocenters. The summed E-state index contributed by atoms with van der Waals surface area (Å²) in [7, 11) is 0. The lowest BCUT2D eigenvalue weighted by Gasteiger charge is -2.12. The summed E-state index contributed by atoms with van der Waals surface area (Å²) >= 11 is 2.35. The van der Waals surface area contributed by atoms with E-state index in [0.717, 1.165) is 12.8 Å². The van der Waals surface area contributed by atoms with Gasteiger partial charge in [-0.1, -0.05) is 72.3 Å². The highest BCUT2D eigenvalue weighted by Gasteiger charge is 2.09. The summed E-state index contributed by atoms with van der Waals surface area (Å²) < 4.78 is 0.555. The molecular weight excluding hydrogens is 487 g/mol. The van der Waals surface area contributed by atoms with Gasteiger partial charge in [0.1, 0.15) is 0 Å². The number of carboxylic acid groups (broad SMARTS) is 2. The lowest BCUT2D eigenvalue weighted by Crippen LogP contribution is -2.14.